The highest BCUT2D eigenvalue weighted by molar-refractivity contribution is 7.93. The second-order valence-electron chi connectivity index (χ2n) is 7.48. The van der Waals surface area contributed by atoms with Gasteiger partial charge in [0.25, 0.3) is 11.8 Å². The molecular weight excluding hydrogens is 490 g/mol. The fourth-order valence-electron chi connectivity index (χ4n) is 2.99. The summed E-state index contributed by atoms with van der Waals surface area (Å²) in [5, 5.41) is 2.41. The molecule has 1 aromatic heterocycles. The van der Waals surface area contributed by atoms with Gasteiger partial charge in [-0.25, -0.2) is 13.6 Å². The smallest absolute Gasteiger partial charge is 0.417 e. The molecule has 0 unspecified atom stereocenters. The third kappa shape index (κ3) is 6.41. The molecule has 184 valence electrons. The van der Waals surface area contributed by atoms with Crippen LogP contribution >= 0.6 is 0 Å². The van der Waals surface area contributed by atoms with Crippen LogP contribution in [0.5, 0.6) is 11.6 Å². The highest BCUT2D eigenvalue weighted by Gasteiger charge is 2.33. The average Bonchev–Trinajstić information content (AvgIpc) is 2.74. The first kappa shape index (κ1) is 25.8. The molecule has 0 radical (unpaired) electrons. The number of hydrogen-bond acceptors (Lipinski definition) is 5. The lowest BCUT2D eigenvalue weighted by Crippen LogP contribution is -2.16. The molecule has 3 aromatic rings. The van der Waals surface area contributed by atoms with Gasteiger partial charge >= 0.3 is 6.18 Å². The molecule has 2 aromatic carbocycles. The minimum Gasteiger partial charge on any atom is -0.438 e. The maximum atomic E-state index is 13.4. The molecule has 12 heteroatoms. The Morgan fingerprint density at radius 3 is 2.46 bits per heavy atom. The van der Waals surface area contributed by atoms with Gasteiger partial charge in [-0.05, 0) is 55.0 Å². The Kier molecular flexibility index (Phi) is 7.25. The topological polar surface area (TPSA) is 97.7 Å². The molecule has 0 aliphatic heterocycles. The van der Waals surface area contributed by atoms with E-state index in [1.54, 1.807) is 0 Å². The molecule has 0 bridgehead atoms. The fourth-order valence-corrected chi connectivity index (χ4v) is 4.26. The SMILES string of the molecule is CC(=O)N=[S@](C)(=O)c1cccc(NC(=O)c2cc(C(F)(F)F)cnc2Oc2ccc(F)cc2C)c1. The molecule has 0 spiro atoms. The van der Waals surface area contributed by atoms with Crippen molar-refractivity contribution in [2.24, 2.45) is 4.36 Å². The van der Waals surface area contributed by atoms with E-state index in [0.717, 1.165) is 19.1 Å². The highest BCUT2D eigenvalue weighted by atomic mass is 32.2. The maximum absolute atomic E-state index is 13.4. The number of rotatable bonds is 5. The molecular formula is C23H19F4N3O4S. The normalized spacial score (nSPS) is 13.0. The minimum absolute atomic E-state index is 0.0853. The van der Waals surface area contributed by atoms with Gasteiger partial charge in [0.05, 0.1) is 15.3 Å². The summed E-state index contributed by atoms with van der Waals surface area (Å²) >= 11 is 0. The highest BCUT2D eigenvalue weighted by Crippen LogP contribution is 2.34. The molecule has 1 atom stereocenters. The van der Waals surface area contributed by atoms with Crippen LogP contribution in [-0.4, -0.2) is 27.3 Å². The van der Waals surface area contributed by atoms with Crippen LogP contribution < -0.4 is 10.1 Å². The number of nitrogens with zero attached hydrogens (tertiary/aromatic N) is 2. The Morgan fingerprint density at radius 1 is 1.11 bits per heavy atom. The Labute approximate surface area is 198 Å². The van der Waals surface area contributed by atoms with Gasteiger partial charge in [0.2, 0.25) is 5.88 Å². The number of amides is 2. The van der Waals surface area contributed by atoms with Gasteiger partial charge in [-0.3, -0.25) is 9.59 Å². The number of carbonyl (C=O) groups is 2. The van der Waals surface area contributed by atoms with Gasteiger partial charge in [-0.15, -0.1) is 0 Å². The summed E-state index contributed by atoms with van der Waals surface area (Å²) in [7, 11) is -3.11. The number of aryl methyl sites for hydroxylation is 1. The number of ether oxygens (including phenoxy) is 1. The Morgan fingerprint density at radius 2 is 1.83 bits per heavy atom. The second-order valence-corrected chi connectivity index (χ2v) is 9.74. The van der Waals surface area contributed by atoms with Crippen LogP contribution in [0, 0.1) is 12.7 Å². The average molecular weight is 509 g/mol. The predicted molar refractivity (Wildman–Crippen MR) is 120 cm³/mol. The zero-order chi connectivity index (χ0) is 26.0. The van der Waals surface area contributed by atoms with Gasteiger partial charge in [0, 0.05) is 30.0 Å². The van der Waals surface area contributed by atoms with Crippen molar-refractivity contribution in [3.63, 3.8) is 0 Å². The van der Waals surface area contributed by atoms with Crippen molar-refractivity contribution in [1.82, 2.24) is 4.98 Å². The molecule has 0 fully saturated rings. The number of benzene rings is 2. The number of hydrogen-bond donors (Lipinski definition) is 1. The number of anilines is 1. The zero-order valence-electron chi connectivity index (χ0n) is 18.6. The van der Waals surface area contributed by atoms with E-state index in [1.807, 2.05) is 0 Å². The first-order valence-electron chi connectivity index (χ1n) is 9.91. The van der Waals surface area contributed by atoms with E-state index in [0.29, 0.717) is 17.8 Å². The number of alkyl halides is 3. The summed E-state index contributed by atoms with van der Waals surface area (Å²) < 4.78 is 75.1. The Balaban J connectivity index is 2.01. The summed E-state index contributed by atoms with van der Waals surface area (Å²) in [6, 6.07) is 9.65. The van der Waals surface area contributed by atoms with E-state index in [9.17, 15) is 31.4 Å². The van der Waals surface area contributed by atoms with Crippen molar-refractivity contribution in [3.05, 3.63) is 77.2 Å². The molecule has 1 heterocycles. The van der Waals surface area contributed by atoms with E-state index in [1.165, 1.54) is 43.5 Å². The maximum Gasteiger partial charge on any atom is 0.417 e. The van der Waals surface area contributed by atoms with E-state index < -0.39 is 50.5 Å². The van der Waals surface area contributed by atoms with Crippen LogP contribution in [0.25, 0.3) is 0 Å². The van der Waals surface area contributed by atoms with Gasteiger partial charge in [-0.2, -0.15) is 17.5 Å². The van der Waals surface area contributed by atoms with Crippen LogP contribution in [0.1, 0.15) is 28.4 Å². The van der Waals surface area contributed by atoms with Gasteiger partial charge in [-0.1, -0.05) is 6.07 Å². The van der Waals surface area contributed by atoms with Crippen LogP contribution in [-0.2, 0) is 20.7 Å². The molecule has 2 amide bonds. The van der Waals surface area contributed by atoms with E-state index in [2.05, 4.69) is 14.7 Å². The van der Waals surface area contributed by atoms with Crippen molar-refractivity contribution in [1.29, 1.82) is 0 Å². The summed E-state index contributed by atoms with van der Waals surface area (Å²) in [6.45, 7) is 2.65. The quantitative estimate of drug-likeness (QED) is 0.452. The predicted octanol–water partition coefficient (Wildman–Crippen LogP) is 5.60. The number of nitrogens with one attached hydrogen (secondary N) is 1. The number of carbonyl (C=O) groups excluding carboxylic acids is 2. The number of aromatic nitrogens is 1. The molecule has 7 nitrogen and oxygen atoms in total. The van der Waals surface area contributed by atoms with Crippen LogP contribution in [0.15, 0.2) is 64.0 Å². The minimum atomic E-state index is -4.78. The lowest BCUT2D eigenvalue weighted by molar-refractivity contribution is -0.137. The van der Waals surface area contributed by atoms with E-state index >= 15 is 0 Å². The molecule has 0 saturated carbocycles. The van der Waals surface area contributed by atoms with Crippen LogP contribution in [0.2, 0.25) is 0 Å². The zero-order valence-corrected chi connectivity index (χ0v) is 19.5. The molecule has 0 aliphatic carbocycles. The van der Waals surface area contributed by atoms with Crippen molar-refractivity contribution < 1.29 is 36.1 Å². The Bertz CT molecular complexity index is 1430. The second kappa shape index (κ2) is 9.82. The molecule has 1 N–H and O–H groups in total. The van der Waals surface area contributed by atoms with Crippen LogP contribution in [0.4, 0.5) is 23.2 Å². The molecule has 35 heavy (non-hydrogen) atoms. The van der Waals surface area contributed by atoms with Crippen molar-refractivity contribution in [3.8, 4) is 11.6 Å². The monoisotopic (exact) mass is 509 g/mol. The molecule has 3 rings (SSSR count). The van der Waals surface area contributed by atoms with Crippen LogP contribution in [0.3, 0.4) is 0 Å². The van der Waals surface area contributed by atoms with Gasteiger partial charge in [0.1, 0.15) is 17.1 Å². The summed E-state index contributed by atoms with van der Waals surface area (Å²) in [6.07, 6.45) is -3.03. The first-order chi connectivity index (χ1) is 16.3. The summed E-state index contributed by atoms with van der Waals surface area (Å²) in [4.78, 5) is 28.0. The standard InChI is InChI=1S/C23H19F4N3O4S/c1-13-9-16(24)7-8-20(13)34-22-19(10-15(12-28-22)23(25,26)27)21(32)29-17-5-4-6-18(11-17)35(3,33)30-14(2)31/h4-12H,1-3H3,(H,29,32)/t35-/m1/s1. The number of halogens is 4. The number of pyridine rings is 1. The van der Waals surface area contributed by atoms with E-state index in [-0.39, 0.29) is 16.3 Å². The lowest BCUT2D eigenvalue weighted by atomic mass is 10.1. The van der Waals surface area contributed by atoms with Crippen molar-refractivity contribution >= 4 is 27.2 Å². The third-order valence-corrected chi connectivity index (χ3v) is 6.33. The summed E-state index contributed by atoms with van der Waals surface area (Å²) in [5.74, 6) is -2.54. The van der Waals surface area contributed by atoms with E-state index in [4.69, 9.17) is 4.74 Å². The van der Waals surface area contributed by atoms with Crippen molar-refractivity contribution in [2.75, 3.05) is 11.6 Å². The fraction of sp³-hybridized carbons (Fsp3) is 0.174. The molecule has 0 saturated heterocycles. The largest absolute Gasteiger partial charge is 0.438 e. The van der Waals surface area contributed by atoms with Gasteiger partial charge < -0.3 is 10.1 Å². The lowest BCUT2D eigenvalue weighted by Gasteiger charge is -2.15. The van der Waals surface area contributed by atoms with Gasteiger partial charge in [0.15, 0.2) is 0 Å². The first-order valence-corrected chi connectivity index (χ1v) is 11.8. The summed E-state index contributed by atoms with van der Waals surface area (Å²) in [5.41, 5.74) is -1.31. The van der Waals surface area contributed by atoms with Crippen molar-refractivity contribution in [2.45, 2.75) is 24.9 Å². The Hall–Kier alpha value is -3.80. The third-order valence-electron chi connectivity index (χ3n) is 4.60. The molecule has 0 aliphatic rings.